The normalized spacial score (nSPS) is 11.8. The Morgan fingerprint density at radius 3 is 2.59 bits per heavy atom. The van der Waals surface area contributed by atoms with Gasteiger partial charge in [0.05, 0.1) is 5.56 Å². The van der Waals surface area contributed by atoms with E-state index in [1.165, 1.54) is 23.0 Å². The molecule has 0 unspecified atom stereocenters. The number of halogens is 3. The van der Waals surface area contributed by atoms with Crippen molar-refractivity contribution in [2.45, 2.75) is 6.18 Å². The zero-order chi connectivity index (χ0) is 12.6. The van der Waals surface area contributed by atoms with Crippen molar-refractivity contribution in [1.29, 1.82) is 0 Å². The Morgan fingerprint density at radius 1 is 1.35 bits per heavy atom. The van der Waals surface area contributed by atoms with E-state index < -0.39 is 11.7 Å². The van der Waals surface area contributed by atoms with Crippen LogP contribution in [0.25, 0.3) is 11.4 Å². The molecule has 0 aromatic carbocycles. The molecule has 0 fully saturated rings. The minimum atomic E-state index is -4.46. The molecular formula is C10H9F3N4. The van der Waals surface area contributed by atoms with Crippen LogP contribution in [-0.2, 0) is 13.2 Å². The number of anilines is 1. The van der Waals surface area contributed by atoms with E-state index in [1.807, 2.05) is 0 Å². The summed E-state index contributed by atoms with van der Waals surface area (Å²) >= 11 is 0. The van der Waals surface area contributed by atoms with E-state index in [-0.39, 0.29) is 17.2 Å². The fourth-order valence-corrected chi connectivity index (χ4v) is 1.44. The second-order valence-electron chi connectivity index (χ2n) is 3.48. The van der Waals surface area contributed by atoms with Gasteiger partial charge in [-0.1, -0.05) is 0 Å². The van der Waals surface area contributed by atoms with Gasteiger partial charge in [-0.25, -0.2) is 0 Å². The molecule has 0 spiro atoms. The number of nitrogens with zero attached hydrogens (tertiary/aromatic N) is 3. The van der Waals surface area contributed by atoms with Gasteiger partial charge in [-0.3, -0.25) is 9.67 Å². The van der Waals surface area contributed by atoms with E-state index in [2.05, 4.69) is 10.1 Å². The molecule has 17 heavy (non-hydrogen) atoms. The highest BCUT2D eigenvalue weighted by Gasteiger charge is 2.34. The van der Waals surface area contributed by atoms with Gasteiger partial charge in [0.2, 0.25) is 0 Å². The van der Waals surface area contributed by atoms with Gasteiger partial charge in [0.1, 0.15) is 17.2 Å². The molecule has 0 saturated carbocycles. The average molecular weight is 242 g/mol. The fraction of sp³-hybridized carbons (Fsp3) is 0.200. The van der Waals surface area contributed by atoms with Crippen LogP contribution in [0.4, 0.5) is 19.0 Å². The minimum Gasteiger partial charge on any atom is -0.384 e. The molecule has 0 bridgehead atoms. The number of nitrogen functional groups attached to an aromatic ring is 1. The van der Waals surface area contributed by atoms with Crippen molar-refractivity contribution in [3.05, 3.63) is 30.0 Å². The van der Waals surface area contributed by atoms with Crippen molar-refractivity contribution in [3.63, 3.8) is 0 Å². The smallest absolute Gasteiger partial charge is 0.384 e. The Labute approximate surface area is 94.9 Å². The maximum Gasteiger partial charge on any atom is 0.418 e. The summed E-state index contributed by atoms with van der Waals surface area (Å²) < 4.78 is 39.5. The standard InChI is InChI=1S/C10H9F3N4/c1-17-8(14)5-7(16-17)9-6(10(11,12)13)3-2-4-15-9/h2-5H,14H2,1H3. The number of hydrogen-bond acceptors (Lipinski definition) is 3. The minimum absolute atomic E-state index is 0.109. The van der Waals surface area contributed by atoms with Gasteiger partial charge in [-0.05, 0) is 12.1 Å². The molecule has 0 amide bonds. The molecule has 0 aliphatic carbocycles. The third kappa shape index (κ3) is 2.08. The molecule has 2 aromatic rings. The molecule has 7 heteroatoms. The molecule has 4 nitrogen and oxygen atoms in total. The van der Waals surface area contributed by atoms with Gasteiger partial charge < -0.3 is 5.73 Å². The number of aromatic nitrogens is 3. The lowest BCUT2D eigenvalue weighted by Crippen LogP contribution is -2.08. The van der Waals surface area contributed by atoms with Gasteiger partial charge in [0, 0.05) is 19.3 Å². The van der Waals surface area contributed by atoms with Crippen LogP contribution in [0, 0.1) is 0 Å². The molecule has 0 radical (unpaired) electrons. The Hall–Kier alpha value is -2.05. The van der Waals surface area contributed by atoms with Crippen LogP contribution in [0.3, 0.4) is 0 Å². The predicted molar refractivity (Wildman–Crippen MR) is 55.9 cm³/mol. The molecule has 0 aliphatic rings. The van der Waals surface area contributed by atoms with Crippen LogP contribution < -0.4 is 5.73 Å². The Kier molecular flexibility index (Phi) is 2.53. The van der Waals surface area contributed by atoms with Gasteiger partial charge in [-0.2, -0.15) is 18.3 Å². The fourth-order valence-electron chi connectivity index (χ4n) is 1.44. The second-order valence-corrected chi connectivity index (χ2v) is 3.48. The topological polar surface area (TPSA) is 56.7 Å². The Bertz CT molecular complexity index is 525. The molecule has 0 aliphatic heterocycles. The molecule has 2 heterocycles. The Balaban J connectivity index is 2.60. The maximum absolute atomic E-state index is 12.7. The van der Waals surface area contributed by atoms with Crippen LogP contribution in [0.15, 0.2) is 24.4 Å². The summed E-state index contributed by atoms with van der Waals surface area (Å²) in [7, 11) is 1.55. The summed E-state index contributed by atoms with van der Waals surface area (Å²) in [6, 6.07) is 3.56. The first kappa shape index (κ1) is 11.4. The SMILES string of the molecule is Cn1nc(-c2ncccc2C(F)(F)F)cc1N. The van der Waals surface area contributed by atoms with Crippen LogP contribution in [0.5, 0.6) is 0 Å². The van der Waals surface area contributed by atoms with Crippen LogP contribution >= 0.6 is 0 Å². The summed E-state index contributed by atoms with van der Waals surface area (Å²) in [6.45, 7) is 0. The molecule has 2 N–H and O–H groups in total. The lowest BCUT2D eigenvalue weighted by atomic mass is 10.1. The average Bonchev–Trinajstić information content (AvgIpc) is 2.58. The van der Waals surface area contributed by atoms with Gasteiger partial charge in [0.25, 0.3) is 0 Å². The van der Waals surface area contributed by atoms with Gasteiger partial charge in [-0.15, -0.1) is 0 Å². The number of aryl methyl sites for hydroxylation is 1. The van der Waals surface area contributed by atoms with Crippen molar-refractivity contribution in [1.82, 2.24) is 14.8 Å². The first-order valence-electron chi connectivity index (χ1n) is 4.71. The molecule has 2 rings (SSSR count). The highest BCUT2D eigenvalue weighted by molar-refractivity contribution is 5.62. The Morgan fingerprint density at radius 2 is 2.06 bits per heavy atom. The summed E-state index contributed by atoms with van der Waals surface area (Å²) in [5, 5.41) is 3.88. The van der Waals surface area contributed by atoms with Crippen LogP contribution in [0.2, 0.25) is 0 Å². The molecule has 0 atom stereocenters. The molecule has 0 saturated heterocycles. The second kappa shape index (κ2) is 3.76. The monoisotopic (exact) mass is 242 g/mol. The number of nitrogens with two attached hydrogens (primary N) is 1. The van der Waals surface area contributed by atoms with E-state index in [0.717, 1.165) is 6.07 Å². The quantitative estimate of drug-likeness (QED) is 0.832. The van der Waals surface area contributed by atoms with E-state index in [4.69, 9.17) is 5.73 Å². The largest absolute Gasteiger partial charge is 0.418 e. The molecule has 90 valence electrons. The first-order valence-corrected chi connectivity index (χ1v) is 4.71. The van der Waals surface area contributed by atoms with Crippen molar-refractivity contribution in [2.24, 2.45) is 7.05 Å². The maximum atomic E-state index is 12.7. The third-order valence-electron chi connectivity index (χ3n) is 2.27. The predicted octanol–water partition coefficient (Wildman–Crippen LogP) is 2.08. The number of pyridine rings is 1. The van der Waals surface area contributed by atoms with Crippen molar-refractivity contribution < 1.29 is 13.2 Å². The van der Waals surface area contributed by atoms with Crippen LogP contribution in [0.1, 0.15) is 5.56 Å². The number of hydrogen-bond donors (Lipinski definition) is 1. The van der Waals surface area contributed by atoms with E-state index in [9.17, 15) is 13.2 Å². The number of rotatable bonds is 1. The highest BCUT2D eigenvalue weighted by atomic mass is 19.4. The summed E-state index contributed by atoms with van der Waals surface area (Å²) in [4.78, 5) is 3.72. The molecular weight excluding hydrogens is 233 g/mol. The third-order valence-corrected chi connectivity index (χ3v) is 2.27. The van der Waals surface area contributed by atoms with Crippen molar-refractivity contribution in [2.75, 3.05) is 5.73 Å². The zero-order valence-corrected chi connectivity index (χ0v) is 8.86. The lowest BCUT2D eigenvalue weighted by Gasteiger charge is -2.09. The van der Waals surface area contributed by atoms with Gasteiger partial charge >= 0.3 is 6.18 Å². The molecule has 2 aromatic heterocycles. The zero-order valence-electron chi connectivity index (χ0n) is 8.86. The van der Waals surface area contributed by atoms with E-state index in [0.29, 0.717) is 0 Å². The number of alkyl halides is 3. The highest BCUT2D eigenvalue weighted by Crippen LogP contribution is 2.35. The lowest BCUT2D eigenvalue weighted by molar-refractivity contribution is -0.137. The van der Waals surface area contributed by atoms with Crippen molar-refractivity contribution in [3.8, 4) is 11.4 Å². The summed E-state index contributed by atoms with van der Waals surface area (Å²) in [5.41, 5.74) is 4.60. The first-order chi connectivity index (χ1) is 7.89. The summed E-state index contributed by atoms with van der Waals surface area (Å²) in [6.07, 6.45) is -3.18. The van der Waals surface area contributed by atoms with Crippen LogP contribution in [-0.4, -0.2) is 14.8 Å². The summed E-state index contributed by atoms with van der Waals surface area (Å²) in [5.74, 6) is 0.277. The van der Waals surface area contributed by atoms with Crippen molar-refractivity contribution >= 4 is 5.82 Å². The van der Waals surface area contributed by atoms with E-state index in [1.54, 1.807) is 7.05 Å². The van der Waals surface area contributed by atoms with E-state index >= 15 is 0 Å². The van der Waals surface area contributed by atoms with Gasteiger partial charge in [0.15, 0.2) is 0 Å².